The molecule has 0 spiro atoms. The molecule has 2 N–H and O–H groups in total. The van der Waals surface area contributed by atoms with Gasteiger partial charge in [-0.15, -0.1) is 0 Å². The van der Waals surface area contributed by atoms with Gasteiger partial charge in [-0.05, 0) is 52.2 Å². The second-order valence-electron chi connectivity index (χ2n) is 4.44. The Morgan fingerprint density at radius 2 is 1.90 bits per heavy atom. The molecule has 2 aromatic rings. The highest BCUT2D eigenvalue weighted by Gasteiger charge is 2.19. The van der Waals surface area contributed by atoms with Crippen LogP contribution >= 0.6 is 39.1 Å². The molecule has 0 aromatic heterocycles. The number of rotatable bonds is 3. The van der Waals surface area contributed by atoms with Crippen LogP contribution < -0.4 is 10.5 Å². The Morgan fingerprint density at radius 1 is 1.20 bits per heavy atom. The molecule has 1 unspecified atom stereocenters. The van der Waals surface area contributed by atoms with Gasteiger partial charge in [-0.3, -0.25) is 0 Å². The van der Waals surface area contributed by atoms with Crippen LogP contribution in [0.5, 0.6) is 5.75 Å². The summed E-state index contributed by atoms with van der Waals surface area (Å²) in [5.74, 6) is 0.682. The van der Waals surface area contributed by atoms with E-state index < -0.39 is 0 Å². The van der Waals surface area contributed by atoms with E-state index in [1.165, 1.54) is 0 Å². The normalized spacial score (nSPS) is 12.3. The summed E-state index contributed by atoms with van der Waals surface area (Å²) < 4.78 is 6.20. The van der Waals surface area contributed by atoms with Crippen molar-refractivity contribution in [1.29, 1.82) is 0 Å². The fraction of sp³-hybridized carbons (Fsp3) is 0.200. The molecule has 0 saturated heterocycles. The Hall–Kier alpha value is -0.740. The molecule has 0 radical (unpaired) electrons. The molecule has 20 heavy (non-hydrogen) atoms. The van der Waals surface area contributed by atoms with Gasteiger partial charge in [-0.2, -0.15) is 0 Å². The molecule has 2 rings (SSSR count). The third-order valence-electron chi connectivity index (χ3n) is 3.22. The van der Waals surface area contributed by atoms with Crippen molar-refractivity contribution in [2.75, 3.05) is 7.11 Å². The van der Waals surface area contributed by atoms with Crippen molar-refractivity contribution >= 4 is 39.1 Å². The first kappa shape index (κ1) is 15.6. The van der Waals surface area contributed by atoms with E-state index in [4.69, 9.17) is 33.7 Å². The van der Waals surface area contributed by atoms with Gasteiger partial charge in [-0.25, -0.2) is 0 Å². The standard InChI is InChI=1S/C15H14BrCl2NO/c1-8-10(4-3-5-13(8)18)14(19)11-6-9(17)7-12(16)15(11)20-2/h3-7,14H,19H2,1-2H3. The molecule has 0 amide bonds. The monoisotopic (exact) mass is 373 g/mol. The Balaban J connectivity index is 2.58. The number of halogens is 3. The van der Waals surface area contributed by atoms with Crippen LogP contribution in [0.15, 0.2) is 34.8 Å². The SMILES string of the molecule is COc1c(Br)cc(Cl)cc1C(N)c1cccc(Cl)c1C. The maximum Gasteiger partial charge on any atom is 0.138 e. The third kappa shape index (κ3) is 2.96. The van der Waals surface area contributed by atoms with Crippen LogP contribution in [0, 0.1) is 6.92 Å². The quantitative estimate of drug-likeness (QED) is 0.808. The molecule has 5 heteroatoms. The number of benzene rings is 2. The van der Waals surface area contributed by atoms with Gasteiger partial charge in [0, 0.05) is 15.6 Å². The fourth-order valence-electron chi connectivity index (χ4n) is 2.16. The first-order chi connectivity index (χ1) is 9.45. The van der Waals surface area contributed by atoms with E-state index in [-0.39, 0.29) is 6.04 Å². The molecule has 0 aliphatic carbocycles. The van der Waals surface area contributed by atoms with E-state index in [0.717, 1.165) is 21.2 Å². The molecular weight excluding hydrogens is 361 g/mol. The molecule has 0 fully saturated rings. The minimum atomic E-state index is -0.362. The summed E-state index contributed by atoms with van der Waals surface area (Å²) in [5, 5.41) is 1.29. The van der Waals surface area contributed by atoms with Crippen molar-refractivity contribution in [3.05, 3.63) is 61.5 Å². The van der Waals surface area contributed by atoms with Crippen LogP contribution in [0.2, 0.25) is 10.0 Å². The zero-order chi connectivity index (χ0) is 14.9. The van der Waals surface area contributed by atoms with Gasteiger partial charge in [0.25, 0.3) is 0 Å². The van der Waals surface area contributed by atoms with E-state index in [2.05, 4.69) is 15.9 Å². The minimum absolute atomic E-state index is 0.362. The largest absolute Gasteiger partial charge is 0.495 e. The van der Waals surface area contributed by atoms with Crippen molar-refractivity contribution in [3.63, 3.8) is 0 Å². The van der Waals surface area contributed by atoms with Crippen molar-refractivity contribution in [2.45, 2.75) is 13.0 Å². The molecule has 0 bridgehead atoms. The van der Waals surface area contributed by atoms with Crippen LogP contribution in [0.25, 0.3) is 0 Å². The number of nitrogens with two attached hydrogens (primary N) is 1. The van der Waals surface area contributed by atoms with Gasteiger partial charge in [0.1, 0.15) is 5.75 Å². The number of methoxy groups -OCH3 is 1. The number of hydrogen-bond donors (Lipinski definition) is 1. The maximum atomic E-state index is 6.38. The average Bonchev–Trinajstić information content (AvgIpc) is 2.40. The van der Waals surface area contributed by atoms with Crippen LogP contribution in [0.3, 0.4) is 0 Å². The topological polar surface area (TPSA) is 35.2 Å². The van der Waals surface area contributed by atoms with Crippen LogP contribution in [-0.2, 0) is 0 Å². The van der Waals surface area contributed by atoms with Crippen molar-refractivity contribution in [1.82, 2.24) is 0 Å². The predicted octanol–water partition coefficient (Wildman–Crippen LogP) is 5.12. The summed E-state index contributed by atoms with van der Waals surface area (Å²) in [6.45, 7) is 1.95. The minimum Gasteiger partial charge on any atom is -0.495 e. The van der Waals surface area contributed by atoms with Gasteiger partial charge in [0.15, 0.2) is 0 Å². The van der Waals surface area contributed by atoms with E-state index >= 15 is 0 Å². The van der Waals surface area contributed by atoms with Gasteiger partial charge in [-0.1, -0.05) is 35.3 Å². The second-order valence-corrected chi connectivity index (χ2v) is 6.14. The van der Waals surface area contributed by atoms with E-state index in [1.807, 2.05) is 31.2 Å². The van der Waals surface area contributed by atoms with E-state index in [9.17, 15) is 0 Å². The molecule has 0 aliphatic rings. The predicted molar refractivity (Wildman–Crippen MR) is 87.9 cm³/mol. The van der Waals surface area contributed by atoms with Gasteiger partial charge < -0.3 is 10.5 Å². The van der Waals surface area contributed by atoms with Crippen LogP contribution in [0.1, 0.15) is 22.7 Å². The van der Waals surface area contributed by atoms with Crippen LogP contribution in [-0.4, -0.2) is 7.11 Å². The lowest BCUT2D eigenvalue weighted by atomic mass is 9.95. The molecule has 0 aliphatic heterocycles. The Bertz CT molecular complexity index is 646. The Morgan fingerprint density at radius 3 is 2.55 bits per heavy atom. The number of hydrogen-bond acceptors (Lipinski definition) is 2. The van der Waals surface area contributed by atoms with Crippen molar-refractivity contribution in [2.24, 2.45) is 5.73 Å². The Labute approximate surface area is 137 Å². The smallest absolute Gasteiger partial charge is 0.138 e. The lowest BCUT2D eigenvalue weighted by Gasteiger charge is -2.20. The van der Waals surface area contributed by atoms with Crippen LogP contribution in [0.4, 0.5) is 0 Å². The highest BCUT2D eigenvalue weighted by molar-refractivity contribution is 9.10. The number of ether oxygens (including phenoxy) is 1. The Kier molecular flexibility index (Phi) is 4.97. The second kappa shape index (κ2) is 6.35. The zero-order valence-electron chi connectivity index (χ0n) is 11.1. The maximum absolute atomic E-state index is 6.38. The molecule has 1 atom stereocenters. The molecule has 2 aromatic carbocycles. The zero-order valence-corrected chi connectivity index (χ0v) is 14.2. The molecule has 0 saturated carbocycles. The summed E-state index contributed by atoms with van der Waals surface area (Å²) in [6.07, 6.45) is 0. The summed E-state index contributed by atoms with van der Waals surface area (Å²) in [4.78, 5) is 0. The van der Waals surface area contributed by atoms with Gasteiger partial charge in [0.05, 0.1) is 17.6 Å². The lowest BCUT2D eigenvalue weighted by molar-refractivity contribution is 0.405. The first-order valence-electron chi connectivity index (χ1n) is 5.99. The summed E-state index contributed by atoms with van der Waals surface area (Å²) in [6, 6.07) is 8.92. The molecule has 106 valence electrons. The highest BCUT2D eigenvalue weighted by Crippen LogP contribution is 2.38. The van der Waals surface area contributed by atoms with Crippen molar-refractivity contribution < 1.29 is 4.74 Å². The van der Waals surface area contributed by atoms with Crippen molar-refractivity contribution in [3.8, 4) is 5.75 Å². The highest BCUT2D eigenvalue weighted by atomic mass is 79.9. The fourth-order valence-corrected chi connectivity index (χ4v) is 3.33. The average molecular weight is 375 g/mol. The van der Waals surface area contributed by atoms with E-state index in [0.29, 0.717) is 15.8 Å². The van der Waals surface area contributed by atoms with Gasteiger partial charge >= 0.3 is 0 Å². The molecule has 0 heterocycles. The van der Waals surface area contributed by atoms with E-state index in [1.54, 1.807) is 13.2 Å². The van der Waals surface area contributed by atoms with Gasteiger partial charge in [0.2, 0.25) is 0 Å². The molecule has 2 nitrogen and oxygen atoms in total. The third-order valence-corrected chi connectivity index (χ3v) is 4.44. The summed E-state index contributed by atoms with van der Waals surface area (Å²) in [7, 11) is 1.61. The first-order valence-corrected chi connectivity index (χ1v) is 7.54. The summed E-state index contributed by atoms with van der Waals surface area (Å²) >= 11 is 15.7. The molecular formula is C15H14BrCl2NO. The summed E-state index contributed by atoms with van der Waals surface area (Å²) in [5.41, 5.74) is 9.11. The lowest BCUT2D eigenvalue weighted by Crippen LogP contribution is -2.15.